The van der Waals surface area contributed by atoms with Crippen LogP contribution in [0.1, 0.15) is 138 Å². The molecular weight excluding hydrogens is 412 g/mol. The predicted molar refractivity (Wildman–Crippen MR) is 137 cm³/mol. The monoisotopic (exact) mass is 460 g/mol. The van der Waals surface area contributed by atoms with Crippen LogP contribution >= 0.6 is 0 Å². The molecule has 4 heteroatoms. The average molecular weight is 461 g/mol. The SMILES string of the molecule is CCCCCCCCCCCCCCCOC(=O)c1ccccc1C(=O)OC(CC)C(C)C. The summed E-state index contributed by atoms with van der Waals surface area (Å²) in [6, 6.07) is 6.77. The number of hydrogen-bond acceptors (Lipinski definition) is 4. The fraction of sp³-hybridized carbons (Fsp3) is 0.724. The molecule has 1 aromatic carbocycles. The number of rotatable bonds is 19. The number of benzene rings is 1. The van der Waals surface area contributed by atoms with Crippen LogP contribution < -0.4 is 0 Å². The molecule has 4 nitrogen and oxygen atoms in total. The molecule has 0 bridgehead atoms. The average Bonchev–Trinajstić information content (AvgIpc) is 2.82. The fourth-order valence-electron chi connectivity index (χ4n) is 4.09. The zero-order valence-electron chi connectivity index (χ0n) is 21.7. The summed E-state index contributed by atoms with van der Waals surface area (Å²) in [7, 11) is 0. The summed E-state index contributed by atoms with van der Waals surface area (Å²) in [5, 5.41) is 0. The van der Waals surface area contributed by atoms with Gasteiger partial charge in [-0.05, 0) is 30.9 Å². The van der Waals surface area contributed by atoms with E-state index >= 15 is 0 Å². The summed E-state index contributed by atoms with van der Waals surface area (Å²) >= 11 is 0. The number of carbonyl (C=O) groups excluding carboxylic acids is 2. The van der Waals surface area contributed by atoms with Gasteiger partial charge in [0.2, 0.25) is 0 Å². The molecule has 0 N–H and O–H groups in total. The van der Waals surface area contributed by atoms with Crippen molar-refractivity contribution in [2.45, 2.75) is 124 Å². The summed E-state index contributed by atoms with van der Waals surface area (Å²) in [4.78, 5) is 25.2. The maximum absolute atomic E-state index is 12.6. The second-order valence-electron chi connectivity index (χ2n) is 9.52. The van der Waals surface area contributed by atoms with E-state index in [0.29, 0.717) is 6.61 Å². The van der Waals surface area contributed by atoms with Crippen LogP contribution in [0.2, 0.25) is 0 Å². The molecule has 0 aliphatic rings. The van der Waals surface area contributed by atoms with Crippen molar-refractivity contribution in [1.29, 1.82) is 0 Å². The van der Waals surface area contributed by atoms with E-state index in [1.165, 1.54) is 70.6 Å². The second kappa shape index (κ2) is 18.6. The van der Waals surface area contributed by atoms with Gasteiger partial charge in [-0.3, -0.25) is 0 Å². The van der Waals surface area contributed by atoms with E-state index in [0.717, 1.165) is 19.3 Å². The molecule has 0 fully saturated rings. The second-order valence-corrected chi connectivity index (χ2v) is 9.52. The Balaban J connectivity index is 2.21. The molecule has 0 saturated carbocycles. The van der Waals surface area contributed by atoms with E-state index in [4.69, 9.17) is 9.47 Å². The molecule has 0 amide bonds. The summed E-state index contributed by atoms with van der Waals surface area (Å²) in [5.41, 5.74) is 0.572. The molecule has 0 heterocycles. The molecule has 1 rings (SSSR count). The Hall–Kier alpha value is -1.84. The van der Waals surface area contributed by atoms with Crippen molar-refractivity contribution >= 4 is 11.9 Å². The quantitative estimate of drug-likeness (QED) is 0.153. The Kier molecular flexibility index (Phi) is 16.4. The molecule has 1 aromatic rings. The molecule has 33 heavy (non-hydrogen) atoms. The van der Waals surface area contributed by atoms with Gasteiger partial charge in [0.05, 0.1) is 17.7 Å². The largest absolute Gasteiger partial charge is 0.462 e. The fourth-order valence-corrected chi connectivity index (χ4v) is 4.09. The first-order valence-electron chi connectivity index (χ1n) is 13.5. The van der Waals surface area contributed by atoms with Crippen LogP contribution in [-0.2, 0) is 9.47 Å². The Morgan fingerprint density at radius 1 is 0.697 bits per heavy atom. The Bertz CT molecular complexity index is 653. The van der Waals surface area contributed by atoms with E-state index in [9.17, 15) is 9.59 Å². The number of unbranched alkanes of at least 4 members (excludes halogenated alkanes) is 12. The minimum Gasteiger partial charge on any atom is -0.462 e. The minimum absolute atomic E-state index is 0.160. The molecule has 0 aliphatic carbocycles. The molecule has 0 aromatic heterocycles. The molecule has 0 spiro atoms. The lowest BCUT2D eigenvalue weighted by atomic mass is 10.0. The molecule has 1 unspecified atom stereocenters. The van der Waals surface area contributed by atoms with Gasteiger partial charge in [0.1, 0.15) is 6.10 Å². The Labute approximate surface area is 202 Å². The third-order valence-electron chi connectivity index (χ3n) is 6.25. The molecule has 0 aliphatic heterocycles. The van der Waals surface area contributed by atoms with Gasteiger partial charge in [-0.15, -0.1) is 0 Å². The van der Waals surface area contributed by atoms with Crippen molar-refractivity contribution in [3.05, 3.63) is 35.4 Å². The number of carbonyl (C=O) groups is 2. The van der Waals surface area contributed by atoms with Crippen LogP contribution in [0.5, 0.6) is 0 Å². The molecule has 1 atom stereocenters. The van der Waals surface area contributed by atoms with Crippen LogP contribution in [-0.4, -0.2) is 24.6 Å². The maximum atomic E-state index is 12.6. The highest BCUT2D eigenvalue weighted by Crippen LogP contribution is 2.18. The van der Waals surface area contributed by atoms with Gasteiger partial charge >= 0.3 is 11.9 Å². The lowest BCUT2D eigenvalue weighted by Gasteiger charge is -2.20. The standard InChI is InChI=1S/C29H48O4/c1-5-7-8-9-10-11-12-13-14-15-16-17-20-23-32-28(30)25-21-18-19-22-26(25)29(31)33-27(6-2)24(3)4/h18-19,21-22,24,27H,5-17,20,23H2,1-4H3. The lowest BCUT2D eigenvalue weighted by molar-refractivity contribution is 0.0167. The van der Waals surface area contributed by atoms with Crippen molar-refractivity contribution < 1.29 is 19.1 Å². The van der Waals surface area contributed by atoms with Gasteiger partial charge in [-0.2, -0.15) is 0 Å². The van der Waals surface area contributed by atoms with Crippen LogP contribution in [0.25, 0.3) is 0 Å². The van der Waals surface area contributed by atoms with E-state index in [-0.39, 0.29) is 23.1 Å². The summed E-state index contributed by atoms with van der Waals surface area (Å²) in [6.45, 7) is 8.70. The summed E-state index contributed by atoms with van der Waals surface area (Å²) < 4.78 is 11.1. The summed E-state index contributed by atoms with van der Waals surface area (Å²) in [6.07, 6.45) is 17.2. The topological polar surface area (TPSA) is 52.6 Å². The normalized spacial score (nSPS) is 12.0. The molecule has 0 saturated heterocycles. The van der Waals surface area contributed by atoms with Crippen molar-refractivity contribution in [2.24, 2.45) is 5.92 Å². The lowest BCUT2D eigenvalue weighted by Crippen LogP contribution is -2.24. The first-order valence-corrected chi connectivity index (χ1v) is 13.5. The molecule has 188 valence electrons. The zero-order chi connectivity index (χ0) is 24.3. The smallest absolute Gasteiger partial charge is 0.339 e. The van der Waals surface area contributed by atoms with E-state index in [1.807, 2.05) is 20.8 Å². The molecular formula is C29H48O4. The first kappa shape index (κ1) is 29.2. The van der Waals surface area contributed by atoms with Gasteiger partial charge in [-0.25, -0.2) is 9.59 Å². The van der Waals surface area contributed by atoms with Crippen molar-refractivity contribution in [1.82, 2.24) is 0 Å². The number of ether oxygens (including phenoxy) is 2. The van der Waals surface area contributed by atoms with Crippen LogP contribution in [0, 0.1) is 5.92 Å². The first-order chi connectivity index (χ1) is 16.0. The van der Waals surface area contributed by atoms with E-state index in [1.54, 1.807) is 24.3 Å². The predicted octanol–water partition coefficient (Wildman–Crippen LogP) is 8.53. The zero-order valence-corrected chi connectivity index (χ0v) is 21.7. The van der Waals surface area contributed by atoms with Gasteiger partial charge in [-0.1, -0.05) is 117 Å². The maximum Gasteiger partial charge on any atom is 0.339 e. The third-order valence-corrected chi connectivity index (χ3v) is 6.25. The van der Waals surface area contributed by atoms with Gasteiger partial charge < -0.3 is 9.47 Å². The van der Waals surface area contributed by atoms with Crippen LogP contribution in [0.15, 0.2) is 24.3 Å². The van der Waals surface area contributed by atoms with Gasteiger partial charge in [0.25, 0.3) is 0 Å². The highest BCUT2D eigenvalue weighted by Gasteiger charge is 2.22. The van der Waals surface area contributed by atoms with E-state index in [2.05, 4.69) is 6.92 Å². The minimum atomic E-state index is -0.455. The Morgan fingerprint density at radius 3 is 1.61 bits per heavy atom. The number of esters is 2. The van der Waals surface area contributed by atoms with Crippen LogP contribution in [0.3, 0.4) is 0 Å². The van der Waals surface area contributed by atoms with Crippen LogP contribution in [0.4, 0.5) is 0 Å². The third kappa shape index (κ3) is 12.8. The highest BCUT2D eigenvalue weighted by atomic mass is 16.5. The highest BCUT2D eigenvalue weighted by molar-refractivity contribution is 6.03. The van der Waals surface area contributed by atoms with Gasteiger partial charge in [0.15, 0.2) is 0 Å². The number of hydrogen-bond donors (Lipinski definition) is 0. The molecule has 0 radical (unpaired) electrons. The van der Waals surface area contributed by atoms with Crippen molar-refractivity contribution in [3.63, 3.8) is 0 Å². The summed E-state index contributed by atoms with van der Waals surface area (Å²) in [5.74, 6) is -0.670. The van der Waals surface area contributed by atoms with Crippen molar-refractivity contribution in [2.75, 3.05) is 6.61 Å². The Morgan fingerprint density at radius 2 is 1.15 bits per heavy atom. The van der Waals surface area contributed by atoms with Gasteiger partial charge in [0, 0.05) is 0 Å². The van der Waals surface area contributed by atoms with Crippen molar-refractivity contribution in [3.8, 4) is 0 Å². The van der Waals surface area contributed by atoms with E-state index < -0.39 is 11.9 Å².